The Morgan fingerprint density at radius 1 is 0.842 bits per heavy atom. The minimum absolute atomic E-state index is 0.193. The number of thiophene rings is 1. The molecule has 0 aliphatic heterocycles. The number of hydrogen-bond acceptors (Lipinski definition) is 6. The van der Waals surface area contributed by atoms with Crippen molar-refractivity contribution in [1.29, 1.82) is 0 Å². The summed E-state index contributed by atoms with van der Waals surface area (Å²) in [5.74, 6) is -0.883. The second-order valence-electron chi connectivity index (χ2n) is 7.90. The van der Waals surface area contributed by atoms with E-state index >= 15 is 0 Å². The van der Waals surface area contributed by atoms with Gasteiger partial charge in [0.1, 0.15) is 16.3 Å². The number of anilines is 2. The first-order valence-electron chi connectivity index (χ1n) is 11.5. The Labute approximate surface area is 233 Å². The third-order valence-electron chi connectivity index (χ3n) is 5.27. The standard InChI is InChI=1S/C28H22Cl2N2O5S/c1-2-36-28(35)25-23(17-3-7-19(29)8-4-17)16-38-27(25)32-24(33)15-37-22-13-5-18(6-14-22)26(34)31-21-11-9-20(30)10-12-21/h3-14,16H,2,15H2,1H3,(H,31,34)(H,32,33). The number of rotatable bonds is 9. The van der Waals surface area contributed by atoms with Gasteiger partial charge in [0.25, 0.3) is 11.8 Å². The van der Waals surface area contributed by atoms with Crippen molar-refractivity contribution in [2.75, 3.05) is 23.8 Å². The minimum atomic E-state index is -0.539. The van der Waals surface area contributed by atoms with Crippen molar-refractivity contribution >= 4 is 63.0 Å². The minimum Gasteiger partial charge on any atom is -0.484 e. The maximum absolute atomic E-state index is 12.7. The number of hydrogen-bond donors (Lipinski definition) is 2. The summed E-state index contributed by atoms with van der Waals surface area (Å²) in [7, 11) is 0. The van der Waals surface area contributed by atoms with Crippen molar-refractivity contribution in [1.82, 2.24) is 0 Å². The summed E-state index contributed by atoms with van der Waals surface area (Å²) in [5.41, 5.74) is 2.71. The molecule has 0 bridgehead atoms. The number of nitrogens with one attached hydrogen (secondary N) is 2. The van der Waals surface area contributed by atoms with Gasteiger partial charge in [-0.25, -0.2) is 4.79 Å². The van der Waals surface area contributed by atoms with E-state index in [0.717, 1.165) is 5.56 Å². The molecule has 1 aromatic heterocycles. The van der Waals surface area contributed by atoms with Gasteiger partial charge in [0.15, 0.2) is 6.61 Å². The average molecular weight is 569 g/mol. The van der Waals surface area contributed by atoms with Crippen molar-refractivity contribution in [3.63, 3.8) is 0 Å². The molecule has 0 aliphatic rings. The summed E-state index contributed by atoms with van der Waals surface area (Å²) in [6, 6.07) is 20.2. The summed E-state index contributed by atoms with van der Waals surface area (Å²) >= 11 is 13.1. The van der Waals surface area contributed by atoms with E-state index in [1.54, 1.807) is 85.1 Å². The highest BCUT2D eigenvalue weighted by atomic mass is 35.5. The molecular weight excluding hydrogens is 547 g/mol. The van der Waals surface area contributed by atoms with Gasteiger partial charge >= 0.3 is 5.97 Å². The van der Waals surface area contributed by atoms with Crippen LogP contribution in [0.5, 0.6) is 5.75 Å². The van der Waals surface area contributed by atoms with Crippen molar-refractivity contribution in [2.24, 2.45) is 0 Å². The maximum atomic E-state index is 12.7. The van der Waals surface area contributed by atoms with E-state index in [4.69, 9.17) is 32.7 Å². The molecule has 2 N–H and O–H groups in total. The molecule has 0 radical (unpaired) electrons. The summed E-state index contributed by atoms with van der Waals surface area (Å²) in [4.78, 5) is 37.8. The van der Waals surface area contributed by atoms with Crippen LogP contribution in [-0.4, -0.2) is 31.0 Å². The van der Waals surface area contributed by atoms with Gasteiger partial charge in [-0.1, -0.05) is 35.3 Å². The molecule has 10 heteroatoms. The molecule has 1 heterocycles. The molecule has 194 valence electrons. The molecule has 38 heavy (non-hydrogen) atoms. The third-order valence-corrected chi connectivity index (χ3v) is 6.67. The van der Waals surface area contributed by atoms with Gasteiger partial charge in [-0.2, -0.15) is 0 Å². The number of amides is 2. The number of carbonyl (C=O) groups excluding carboxylic acids is 3. The summed E-state index contributed by atoms with van der Waals surface area (Å²) in [6.07, 6.45) is 0. The zero-order chi connectivity index (χ0) is 27.1. The molecule has 0 aliphatic carbocycles. The molecule has 0 saturated heterocycles. The molecule has 0 atom stereocenters. The lowest BCUT2D eigenvalue weighted by molar-refractivity contribution is -0.118. The summed E-state index contributed by atoms with van der Waals surface area (Å²) < 4.78 is 10.8. The Morgan fingerprint density at radius 2 is 1.47 bits per heavy atom. The smallest absolute Gasteiger partial charge is 0.341 e. The van der Waals surface area contributed by atoms with Crippen LogP contribution < -0.4 is 15.4 Å². The Balaban J connectivity index is 1.39. The zero-order valence-electron chi connectivity index (χ0n) is 20.1. The van der Waals surface area contributed by atoms with E-state index < -0.39 is 11.9 Å². The number of halogens is 2. The molecule has 7 nitrogen and oxygen atoms in total. The van der Waals surface area contributed by atoms with E-state index in [9.17, 15) is 14.4 Å². The van der Waals surface area contributed by atoms with Crippen LogP contribution in [0.4, 0.5) is 10.7 Å². The summed E-state index contributed by atoms with van der Waals surface area (Å²) in [6.45, 7) is 1.61. The van der Waals surface area contributed by atoms with E-state index in [1.165, 1.54) is 11.3 Å². The van der Waals surface area contributed by atoms with Crippen LogP contribution >= 0.6 is 34.5 Å². The Bertz CT molecular complexity index is 1440. The first-order chi connectivity index (χ1) is 18.3. The fourth-order valence-corrected chi connectivity index (χ4v) is 4.67. The molecule has 0 spiro atoms. The van der Waals surface area contributed by atoms with Crippen molar-refractivity contribution < 1.29 is 23.9 Å². The molecule has 3 aromatic carbocycles. The largest absolute Gasteiger partial charge is 0.484 e. The molecular formula is C28H22Cl2N2O5S. The van der Waals surface area contributed by atoms with Gasteiger partial charge in [-0.3, -0.25) is 9.59 Å². The predicted octanol–water partition coefficient (Wildman–Crippen LogP) is 7.17. The Kier molecular flexibility index (Phi) is 9.02. The lowest BCUT2D eigenvalue weighted by atomic mass is 10.0. The van der Waals surface area contributed by atoms with Gasteiger partial charge in [0.05, 0.1) is 6.61 Å². The number of benzene rings is 3. The van der Waals surface area contributed by atoms with Gasteiger partial charge in [-0.15, -0.1) is 11.3 Å². The summed E-state index contributed by atoms with van der Waals surface area (Å²) in [5, 5.41) is 8.80. The normalized spacial score (nSPS) is 10.5. The van der Waals surface area contributed by atoms with Crippen LogP contribution in [0.15, 0.2) is 78.2 Å². The van der Waals surface area contributed by atoms with Gasteiger partial charge in [0, 0.05) is 32.2 Å². The Morgan fingerprint density at radius 3 is 2.11 bits per heavy atom. The fourth-order valence-electron chi connectivity index (χ4n) is 3.45. The molecule has 4 aromatic rings. The van der Waals surface area contributed by atoms with Gasteiger partial charge in [-0.05, 0) is 73.2 Å². The van der Waals surface area contributed by atoms with Crippen LogP contribution in [0, 0.1) is 0 Å². The molecule has 0 fully saturated rings. The fraction of sp³-hybridized carbons (Fsp3) is 0.107. The van der Waals surface area contributed by atoms with Crippen LogP contribution in [0.1, 0.15) is 27.6 Å². The van der Waals surface area contributed by atoms with Crippen molar-refractivity contribution in [2.45, 2.75) is 6.92 Å². The Hall–Kier alpha value is -3.85. The third kappa shape index (κ3) is 6.92. The second kappa shape index (κ2) is 12.6. The van der Waals surface area contributed by atoms with Crippen molar-refractivity contribution in [3.8, 4) is 16.9 Å². The van der Waals surface area contributed by atoms with E-state index in [2.05, 4.69) is 10.6 Å². The van der Waals surface area contributed by atoms with Crippen molar-refractivity contribution in [3.05, 3.63) is 99.3 Å². The van der Waals surface area contributed by atoms with Crippen LogP contribution in [0.2, 0.25) is 10.0 Å². The molecule has 0 unspecified atom stereocenters. The quantitative estimate of drug-likeness (QED) is 0.209. The SMILES string of the molecule is CCOC(=O)c1c(-c2ccc(Cl)cc2)csc1NC(=O)COc1ccc(C(=O)Nc2ccc(Cl)cc2)cc1. The first-order valence-corrected chi connectivity index (χ1v) is 13.1. The lowest BCUT2D eigenvalue weighted by Crippen LogP contribution is -2.21. The zero-order valence-corrected chi connectivity index (χ0v) is 22.5. The maximum Gasteiger partial charge on any atom is 0.341 e. The lowest BCUT2D eigenvalue weighted by Gasteiger charge is -2.10. The van der Waals surface area contributed by atoms with Crippen LogP contribution in [0.3, 0.4) is 0 Å². The second-order valence-corrected chi connectivity index (χ2v) is 9.66. The number of esters is 1. The molecule has 2 amide bonds. The predicted molar refractivity (Wildman–Crippen MR) is 151 cm³/mol. The van der Waals surface area contributed by atoms with Gasteiger partial charge < -0.3 is 20.1 Å². The highest BCUT2D eigenvalue weighted by Gasteiger charge is 2.23. The number of carbonyl (C=O) groups is 3. The van der Waals surface area contributed by atoms with E-state index in [1.807, 2.05) is 0 Å². The van der Waals surface area contributed by atoms with E-state index in [-0.39, 0.29) is 24.7 Å². The van der Waals surface area contributed by atoms with Gasteiger partial charge in [0.2, 0.25) is 0 Å². The molecule has 4 rings (SSSR count). The van der Waals surface area contributed by atoms with Crippen LogP contribution in [0.25, 0.3) is 11.1 Å². The first kappa shape index (κ1) is 27.2. The number of ether oxygens (including phenoxy) is 2. The topological polar surface area (TPSA) is 93.7 Å². The van der Waals surface area contributed by atoms with Crippen LogP contribution in [-0.2, 0) is 9.53 Å². The molecule has 0 saturated carbocycles. The average Bonchev–Trinajstić information content (AvgIpc) is 3.33. The van der Waals surface area contributed by atoms with E-state index in [0.29, 0.717) is 37.6 Å². The monoisotopic (exact) mass is 568 g/mol. The highest BCUT2D eigenvalue weighted by Crippen LogP contribution is 2.36. The highest BCUT2D eigenvalue weighted by molar-refractivity contribution is 7.15.